The number of anilines is 1. The van der Waals surface area contributed by atoms with Gasteiger partial charge < -0.3 is 10.2 Å². The molecule has 7 heteroatoms. The zero-order valence-electron chi connectivity index (χ0n) is 15.7. The smallest absolute Gasteiger partial charge is 0.225 e. The molecule has 1 aliphatic heterocycles. The minimum absolute atomic E-state index is 0.0283. The van der Waals surface area contributed by atoms with E-state index in [0.29, 0.717) is 25.5 Å². The molecular formula is C21H24N6O. The molecule has 1 amide bonds. The van der Waals surface area contributed by atoms with E-state index < -0.39 is 0 Å². The van der Waals surface area contributed by atoms with Crippen LogP contribution in [-0.2, 0) is 11.2 Å². The van der Waals surface area contributed by atoms with Gasteiger partial charge in [0, 0.05) is 44.6 Å². The number of nitrogens with zero attached hydrogens (tertiary/aromatic N) is 5. The van der Waals surface area contributed by atoms with Crippen molar-refractivity contribution in [1.29, 1.82) is 0 Å². The lowest BCUT2D eigenvalue weighted by Gasteiger charge is -2.31. The Morgan fingerprint density at radius 3 is 2.75 bits per heavy atom. The average Bonchev–Trinajstić information content (AvgIpc) is 3.24. The first-order valence-corrected chi connectivity index (χ1v) is 9.69. The highest BCUT2D eigenvalue weighted by Gasteiger charge is 2.26. The van der Waals surface area contributed by atoms with Gasteiger partial charge in [0.15, 0.2) is 0 Å². The molecule has 7 nitrogen and oxygen atoms in total. The lowest BCUT2D eigenvalue weighted by Crippen LogP contribution is -2.44. The van der Waals surface area contributed by atoms with Crippen LogP contribution in [0.5, 0.6) is 0 Å². The van der Waals surface area contributed by atoms with Crippen molar-refractivity contribution >= 4 is 11.9 Å². The molecule has 0 saturated carbocycles. The minimum atomic E-state index is -0.0283. The molecule has 3 heterocycles. The third-order valence-electron chi connectivity index (χ3n) is 4.97. The van der Waals surface area contributed by atoms with E-state index >= 15 is 0 Å². The van der Waals surface area contributed by atoms with Crippen LogP contribution in [0, 0.1) is 5.92 Å². The summed E-state index contributed by atoms with van der Waals surface area (Å²) >= 11 is 0. The summed E-state index contributed by atoms with van der Waals surface area (Å²) < 4.78 is 1.86. The van der Waals surface area contributed by atoms with Crippen LogP contribution in [0.15, 0.2) is 61.1 Å². The van der Waals surface area contributed by atoms with Gasteiger partial charge in [-0.1, -0.05) is 18.2 Å². The Bertz CT molecular complexity index is 896. The summed E-state index contributed by atoms with van der Waals surface area (Å²) in [6.07, 6.45) is 8.01. The summed E-state index contributed by atoms with van der Waals surface area (Å²) in [6.45, 7) is 2.15. The van der Waals surface area contributed by atoms with Gasteiger partial charge in [0.1, 0.15) is 0 Å². The third-order valence-corrected chi connectivity index (χ3v) is 4.97. The van der Waals surface area contributed by atoms with Crippen LogP contribution in [0.4, 0.5) is 5.95 Å². The minimum Gasteiger partial charge on any atom is -0.355 e. The molecule has 2 aromatic heterocycles. The quantitative estimate of drug-likeness (QED) is 0.714. The molecule has 1 atom stereocenters. The molecule has 0 unspecified atom stereocenters. The molecule has 1 N–H and O–H groups in total. The normalized spacial score (nSPS) is 16.7. The highest BCUT2D eigenvalue weighted by Crippen LogP contribution is 2.20. The number of amides is 1. The molecular weight excluding hydrogens is 352 g/mol. The summed E-state index contributed by atoms with van der Waals surface area (Å²) in [5.74, 6) is 0.772. The molecule has 0 aliphatic carbocycles. The van der Waals surface area contributed by atoms with E-state index in [4.69, 9.17) is 0 Å². The molecule has 0 spiro atoms. The van der Waals surface area contributed by atoms with Gasteiger partial charge in [0.05, 0.1) is 17.3 Å². The number of carbonyl (C=O) groups excluding carboxylic acids is 1. The molecule has 1 aliphatic rings. The van der Waals surface area contributed by atoms with Crippen LogP contribution < -0.4 is 10.2 Å². The maximum Gasteiger partial charge on any atom is 0.225 e. The summed E-state index contributed by atoms with van der Waals surface area (Å²) in [7, 11) is 0. The molecule has 0 radical (unpaired) electrons. The van der Waals surface area contributed by atoms with Gasteiger partial charge in [0.2, 0.25) is 11.9 Å². The number of hydrogen-bond donors (Lipinski definition) is 1. The molecule has 144 valence electrons. The van der Waals surface area contributed by atoms with Gasteiger partial charge in [-0.3, -0.25) is 4.79 Å². The van der Waals surface area contributed by atoms with Crippen LogP contribution in [0.2, 0.25) is 0 Å². The number of carbonyl (C=O) groups is 1. The van der Waals surface area contributed by atoms with E-state index in [1.54, 1.807) is 18.5 Å². The highest BCUT2D eigenvalue weighted by molar-refractivity contribution is 5.79. The lowest BCUT2D eigenvalue weighted by atomic mass is 9.97. The number of nitrogens with one attached hydrogen (secondary N) is 1. The first kappa shape index (κ1) is 18.2. The van der Waals surface area contributed by atoms with E-state index in [9.17, 15) is 4.79 Å². The summed E-state index contributed by atoms with van der Waals surface area (Å²) in [6, 6.07) is 13.8. The second kappa shape index (κ2) is 8.65. The van der Waals surface area contributed by atoms with Crippen molar-refractivity contribution in [3.05, 3.63) is 66.7 Å². The predicted octanol–water partition coefficient (Wildman–Crippen LogP) is 2.24. The van der Waals surface area contributed by atoms with Gasteiger partial charge in [-0.05, 0) is 37.1 Å². The molecule has 0 bridgehead atoms. The van der Waals surface area contributed by atoms with Crippen molar-refractivity contribution in [3.63, 3.8) is 0 Å². The molecule has 28 heavy (non-hydrogen) atoms. The Morgan fingerprint density at radius 2 is 1.93 bits per heavy atom. The van der Waals surface area contributed by atoms with Gasteiger partial charge in [-0.25, -0.2) is 14.6 Å². The maximum absolute atomic E-state index is 12.6. The zero-order chi connectivity index (χ0) is 19.2. The number of hydrogen-bond acceptors (Lipinski definition) is 5. The second-order valence-corrected chi connectivity index (χ2v) is 6.96. The summed E-state index contributed by atoms with van der Waals surface area (Å²) in [4.78, 5) is 23.3. The molecule has 1 saturated heterocycles. The van der Waals surface area contributed by atoms with E-state index in [0.717, 1.165) is 30.8 Å². The van der Waals surface area contributed by atoms with E-state index in [1.807, 2.05) is 47.3 Å². The zero-order valence-corrected chi connectivity index (χ0v) is 15.7. The van der Waals surface area contributed by atoms with E-state index in [2.05, 4.69) is 25.3 Å². The fourth-order valence-electron chi connectivity index (χ4n) is 3.50. The standard InChI is InChI=1S/C21H24N6O/c28-20(17-6-4-14-26(16-17)21-23-11-5-12-24-21)22-13-9-18-10-15-27(25-18)19-7-2-1-3-8-19/h1-3,5,7-8,10-12,15,17H,4,6,9,13-14,16H2,(H,22,28)/t17-/m0/s1. The van der Waals surface area contributed by atoms with Crippen LogP contribution in [-0.4, -0.2) is 45.3 Å². The number of piperidine rings is 1. The van der Waals surface area contributed by atoms with Crippen LogP contribution in [0.1, 0.15) is 18.5 Å². The van der Waals surface area contributed by atoms with Crippen LogP contribution in [0.25, 0.3) is 5.69 Å². The van der Waals surface area contributed by atoms with Crippen molar-refractivity contribution in [3.8, 4) is 5.69 Å². The van der Waals surface area contributed by atoms with Crippen molar-refractivity contribution in [2.45, 2.75) is 19.3 Å². The summed E-state index contributed by atoms with van der Waals surface area (Å²) in [5, 5.41) is 7.65. The van der Waals surface area contributed by atoms with Crippen molar-refractivity contribution in [1.82, 2.24) is 25.1 Å². The monoisotopic (exact) mass is 376 g/mol. The summed E-state index contributed by atoms with van der Waals surface area (Å²) in [5.41, 5.74) is 2.00. The lowest BCUT2D eigenvalue weighted by molar-refractivity contribution is -0.125. The molecule has 1 fully saturated rings. The first-order chi connectivity index (χ1) is 13.8. The van der Waals surface area contributed by atoms with Crippen molar-refractivity contribution in [2.75, 3.05) is 24.5 Å². The Kier molecular flexibility index (Phi) is 5.61. The van der Waals surface area contributed by atoms with Gasteiger partial charge in [-0.15, -0.1) is 0 Å². The molecule has 1 aromatic carbocycles. The van der Waals surface area contributed by atoms with E-state index in [1.165, 1.54) is 0 Å². The predicted molar refractivity (Wildman–Crippen MR) is 107 cm³/mol. The first-order valence-electron chi connectivity index (χ1n) is 9.69. The van der Waals surface area contributed by atoms with Crippen molar-refractivity contribution < 1.29 is 4.79 Å². The Labute approximate surface area is 164 Å². The highest BCUT2D eigenvalue weighted by atomic mass is 16.1. The largest absolute Gasteiger partial charge is 0.355 e. The fraction of sp³-hybridized carbons (Fsp3) is 0.333. The topological polar surface area (TPSA) is 75.9 Å². The maximum atomic E-state index is 12.6. The van der Waals surface area contributed by atoms with Crippen molar-refractivity contribution in [2.24, 2.45) is 5.92 Å². The Hall–Kier alpha value is -3.22. The Balaban J connectivity index is 1.27. The SMILES string of the molecule is O=C(NCCc1ccn(-c2ccccc2)n1)[C@H]1CCCN(c2ncccn2)C1. The van der Waals surface area contributed by atoms with Gasteiger partial charge in [-0.2, -0.15) is 5.10 Å². The number of benzene rings is 1. The second-order valence-electron chi connectivity index (χ2n) is 6.96. The number of para-hydroxylation sites is 1. The van der Waals surface area contributed by atoms with Crippen LogP contribution in [0.3, 0.4) is 0 Å². The van der Waals surface area contributed by atoms with Gasteiger partial charge in [0.25, 0.3) is 0 Å². The molecule has 4 rings (SSSR count). The van der Waals surface area contributed by atoms with E-state index in [-0.39, 0.29) is 11.8 Å². The average molecular weight is 376 g/mol. The number of aromatic nitrogens is 4. The third kappa shape index (κ3) is 4.36. The van der Waals surface area contributed by atoms with Gasteiger partial charge >= 0.3 is 0 Å². The van der Waals surface area contributed by atoms with Crippen LogP contribution >= 0.6 is 0 Å². The molecule has 3 aromatic rings. The Morgan fingerprint density at radius 1 is 1.11 bits per heavy atom. The number of rotatable bonds is 6. The fourth-order valence-corrected chi connectivity index (χ4v) is 3.50.